The molecule has 0 aliphatic carbocycles. The Hall–Kier alpha value is -2.97. The first kappa shape index (κ1) is 30.0. The van der Waals surface area contributed by atoms with Gasteiger partial charge in [0.15, 0.2) is 0 Å². The summed E-state index contributed by atoms with van der Waals surface area (Å²) in [6.45, 7) is 16.3. The molecule has 3 unspecified atom stereocenters. The fourth-order valence-corrected chi connectivity index (χ4v) is 7.43. The number of ether oxygens (including phenoxy) is 1. The van der Waals surface area contributed by atoms with Crippen LogP contribution in [0.3, 0.4) is 0 Å². The van der Waals surface area contributed by atoms with E-state index in [1.807, 2.05) is 58.0 Å². The van der Waals surface area contributed by atoms with Crippen LogP contribution in [-0.2, 0) is 25.7 Å². The predicted octanol–water partition coefficient (Wildman–Crippen LogP) is 3.26. The molecule has 1 aromatic carbocycles. The predicted molar refractivity (Wildman–Crippen MR) is 154 cm³/mol. The molecule has 2 bridgehead atoms. The Bertz CT molecular complexity index is 1140. The van der Waals surface area contributed by atoms with Gasteiger partial charge in [0.1, 0.15) is 11.6 Å². The van der Waals surface area contributed by atoms with Crippen LogP contribution in [0.15, 0.2) is 55.6 Å². The molecule has 1 spiro atoms. The number of nitrogens with zero attached hydrogens (tertiary/aromatic N) is 3. The third-order valence-corrected chi connectivity index (χ3v) is 9.26. The maximum atomic E-state index is 14.7. The number of likely N-dealkylation sites (N-methyl/N-ethyl adjacent to an activating group) is 1. The standard InChI is InChI=1S/C32H45N3O5/c1-8-15-33(7)28(37)25-26-29(38)35(24(20-36)17-21(3)4)27(32(26)18-22(5)31(25,6)40-32)30(39)34(16-9-2)19-23-13-11-10-12-14-23/h8-14,21-22,24-27,36H,1-2,15-20H2,3-7H3/t22?,24-,25+,26+,27?,31-,32?/m1/s1. The number of likely N-dealkylation sites (tertiary alicyclic amines) is 1. The molecule has 4 rings (SSSR count). The van der Waals surface area contributed by atoms with Gasteiger partial charge in [-0.1, -0.05) is 63.3 Å². The van der Waals surface area contributed by atoms with Crippen molar-refractivity contribution in [3.63, 3.8) is 0 Å². The Kier molecular flexibility index (Phi) is 8.62. The third-order valence-electron chi connectivity index (χ3n) is 9.26. The Morgan fingerprint density at radius 1 is 1.18 bits per heavy atom. The number of hydrogen-bond donors (Lipinski definition) is 1. The summed E-state index contributed by atoms with van der Waals surface area (Å²) in [4.78, 5) is 47.9. The minimum Gasteiger partial charge on any atom is -0.394 e. The van der Waals surface area contributed by atoms with Gasteiger partial charge in [0.05, 0.1) is 30.1 Å². The van der Waals surface area contributed by atoms with Crippen molar-refractivity contribution in [3.05, 3.63) is 61.2 Å². The summed E-state index contributed by atoms with van der Waals surface area (Å²) in [6.07, 6.45) is 4.34. The summed E-state index contributed by atoms with van der Waals surface area (Å²) in [5.41, 5.74) is -1.11. The Morgan fingerprint density at radius 3 is 2.40 bits per heavy atom. The molecule has 3 heterocycles. The van der Waals surface area contributed by atoms with Crippen LogP contribution in [0.25, 0.3) is 0 Å². The van der Waals surface area contributed by atoms with Gasteiger partial charge in [0, 0.05) is 26.7 Å². The number of rotatable bonds is 12. The summed E-state index contributed by atoms with van der Waals surface area (Å²) in [6, 6.07) is 8.17. The molecular weight excluding hydrogens is 506 g/mol. The van der Waals surface area contributed by atoms with Gasteiger partial charge >= 0.3 is 0 Å². The van der Waals surface area contributed by atoms with Crippen molar-refractivity contribution in [2.45, 2.75) is 70.4 Å². The van der Waals surface area contributed by atoms with Crippen molar-refractivity contribution < 1.29 is 24.2 Å². The van der Waals surface area contributed by atoms with Crippen molar-refractivity contribution in [3.8, 4) is 0 Å². The summed E-state index contributed by atoms with van der Waals surface area (Å²) < 4.78 is 6.87. The smallest absolute Gasteiger partial charge is 0.249 e. The average molecular weight is 552 g/mol. The van der Waals surface area contributed by atoms with Gasteiger partial charge in [0.25, 0.3) is 0 Å². The van der Waals surface area contributed by atoms with E-state index in [0.29, 0.717) is 25.9 Å². The van der Waals surface area contributed by atoms with Crippen LogP contribution in [0, 0.1) is 23.7 Å². The first-order chi connectivity index (χ1) is 19.0. The molecule has 1 aromatic rings. The highest BCUT2D eigenvalue weighted by atomic mass is 16.5. The molecule has 40 heavy (non-hydrogen) atoms. The molecule has 7 atom stereocenters. The zero-order valence-electron chi connectivity index (χ0n) is 24.6. The highest BCUT2D eigenvalue weighted by Gasteiger charge is 2.80. The highest BCUT2D eigenvalue weighted by Crippen LogP contribution is 2.65. The quantitative estimate of drug-likeness (QED) is 0.403. The number of aliphatic hydroxyl groups excluding tert-OH is 1. The minimum absolute atomic E-state index is 0.0578. The molecule has 8 heteroatoms. The monoisotopic (exact) mass is 551 g/mol. The summed E-state index contributed by atoms with van der Waals surface area (Å²) >= 11 is 0. The Morgan fingerprint density at radius 2 is 1.82 bits per heavy atom. The second-order valence-electron chi connectivity index (χ2n) is 12.4. The molecule has 3 amide bonds. The first-order valence-electron chi connectivity index (χ1n) is 14.4. The molecule has 3 saturated heterocycles. The van der Waals surface area contributed by atoms with Gasteiger partial charge in [0.2, 0.25) is 17.7 Å². The maximum Gasteiger partial charge on any atom is 0.249 e. The summed E-state index contributed by atoms with van der Waals surface area (Å²) in [7, 11) is 1.71. The molecule has 0 saturated carbocycles. The zero-order chi connectivity index (χ0) is 29.4. The van der Waals surface area contributed by atoms with E-state index in [2.05, 4.69) is 13.2 Å². The van der Waals surface area contributed by atoms with Crippen LogP contribution in [0.5, 0.6) is 0 Å². The number of hydrogen-bond acceptors (Lipinski definition) is 5. The van der Waals surface area contributed by atoms with Crippen LogP contribution in [0.1, 0.15) is 46.1 Å². The van der Waals surface area contributed by atoms with Crippen molar-refractivity contribution in [1.29, 1.82) is 0 Å². The second kappa shape index (κ2) is 11.5. The van der Waals surface area contributed by atoms with Crippen molar-refractivity contribution in [2.75, 3.05) is 26.7 Å². The fraction of sp³-hybridized carbons (Fsp3) is 0.594. The van der Waals surface area contributed by atoms with Crippen LogP contribution in [0.2, 0.25) is 0 Å². The lowest BCUT2D eigenvalue weighted by Gasteiger charge is -2.40. The van der Waals surface area contributed by atoms with Crippen LogP contribution >= 0.6 is 0 Å². The van der Waals surface area contributed by atoms with Gasteiger partial charge in [-0.25, -0.2) is 0 Å². The minimum atomic E-state index is -1.17. The molecule has 3 aliphatic heterocycles. The molecular formula is C32H45N3O5. The molecule has 1 N–H and O–H groups in total. The van der Waals surface area contributed by atoms with E-state index in [1.54, 1.807) is 33.9 Å². The lowest BCUT2D eigenvalue weighted by Crippen LogP contribution is -2.59. The lowest BCUT2D eigenvalue weighted by atomic mass is 9.62. The highest BCUT2D eigenvalue weighted by molar-refractivity contribution is 5.99. The topological polar surface area (TPSA) is 90.4 Å². The molecule has 0 aromatic heterocycles. The van der Waals surface area contributed by atoms with E-state index >= 15 is 0 Å². The Labute approximate surface area is 238 Å². The molecule has 0 radical (unpaired) electrons. The molecule has 3 aliphatic rings. The second-order valence-corrected chi connectivity index (χ2v) is 12.4. The number of aliphatic hydroxyl groups is 1. The van der Waals surface area contributed by atoms with Gasteiger partial charge in [-0.3, -0.25) is 14.4 Å². The van der Waals surface area contributed by atoms with E-state index in [9.17, 15) is 19.5 Å². The van der Waals surface area contributed by atoms with Crippen LogP contribution < -0.4 is 0 Å². The van der Waals surface area contributed by atoms with Crippen LogP contribution in [0.4, 0.5) is 0 Å². The summed E-state index contributed by atoms with van der Waals surface area (Å²) in [5, 5.41) is 10.5. The van der Waals surface area contributed by atoms with E-state index < -0.39 is 35.1 Å². The average Bonchev–Trinajstić information content (AvgIpc) is 3.43. The van der Waals surface area contributed by atoms with Crippen LogP contribution in [-0.4, -0.2) is 87.6 Å². The first-order valence-corrected chi connectivity index (χ1v) is 14.4. The lowest BCUT2D eigenvalue weighted by molar-refractivity contribution is -0.158. The number of fused-ring (bicyclic) bond motifs is 1. The van der Waals surface area contributed by atoms with Crippen molar-refractivity contribution in [1.82, 2.24) is 14.7 Å². The van der Waals surface area contributed by atoms with Gasteiger partial charge in [-0.05, 0) is 37.2 Å². The third kappa shape index (κ3) is 4.79. The van der Waals surface area contributed by atoms with Gasteiger partial charge in [-0.2, -0.15) is 0 Å². The zero-order valence-corrected chi connectivity index (χ0v) is 24.6. The van der Waals surface area contributed by atoms with Crippen molar-refractivity contribution in [2.24, 2.45) is 23.7 Å². The summed E-state index contributed by atoms with van der Waals surface area (Å²) in [5.74, 6) is -2.14. The number of amides is 3. The number of carbonyl (C=O) groups is 3. The van der Waals surface area contributed by atoms with Gasteiger partial charge in [-0.15, -0.1) is 13.2 Å². The molecule has 218 valence electrons. The number of carbonyl (C=O) groups excluding carboxylic acids is 3. The van der Waals surface area contributed by atoms with E-state index in [-0.39, 0.29) is 42.7 Å². The normalized spacial score (nSPS) is 31.3. The fourth-order valence-electron chi connectivity index (χ4n) is 7.43. The molecule has 3 fully saturated rings. The SMILES string of the molecule is C=CCN(C)C(=O)[C@@H]1[C@H]2C(=O)N([C@@H](CO)CC(C)C)C(C(=O)N(CC=C)Cc3ccccc3)C23CC(C)[C@@]1(C)O3. The number of benzene rings is 1. The van der Waals surface area contributed by atoms with Gasteiger partial charge < -0.3 is 24.5 Å². The van der Waals surface area contributed by atoms with Crippen molar-refractivity contribution >= 4 is 17.7 Å². The molecule has 8 nitrogen and oxygen atoms in total. The van der Waals surface area contributed by atoms with E-state index in [0.717, 1.165) is 5.56 Å². The van der Waals surface area contributed by atoms with E-state index in [4.69, 9.17) is 4.74 Å². The maximum absolute atomic E-state index is 14.7. The Balaban J connectivity index is 1.84. The van der Waals surface area contributed by atoms with E-state index in [1.165, 1.54) is 0 Å². The largest absolute Gasteiger partial charge is 0.394 e.